The van der Waals surface area contributed by atoms with Gasteiger partial charge in [-0.1, -0.05) is 78.3 Å². The van der Waals surface area contributed by atoms with Crippen LogP contribution in [-0.4, -0.2) is 5.11 Å². The van der Waals surface area contributed by atoms with Crippen LogP contribution in [0.3, 0.4) is 0 Å². The number of benzene rings is 4. The highest BCUT2D eigenvalue weighted by molar-refractivity contribution is 6.30. The number of rotatable bonds is 2. The zero-order chi connectivity index (χ0) is 19.1. The Hall–Kier alpha value is -3.07. The Balaban J connectivity index is 1.88. The maximum absolute atomic E-state index is 12.2. The maximum Gasteiger partial charge on any atom is 0.144 e. The molecule has 1 atom stereocenters. The fourth-order valence-corrected chi connectivity index (χ4v) is 4.26. The summed E-state index contributed by atoms with van der Waals surface area (Å²) in [6.07, 6.45) is 0. The predicted octanol–water partition coefficient (Wildman–Crippen LogP) is 6.41. The van der Waals surface area contributed by atoms with Gasteiger partial charge < -0.3 is 10.0 Å². The predicted molar refractivity (Wildman–Crippen MR) is 115 cm³/mol. The van der Waals surface area contributed by atoms with Crippen molar-refractivity contribution in [3.05, 3.63) is 125 Å². The monoisotopic (exact) mass is 383 g/mol. The normalized spacial score (nSPS) is 17.7. The van der Waals surface area contributed by atoms with Gasteiger partial charge in [-0.3, -0.25) is 0 Å². The van der Waals surface area contributed by atoms with E-state index in [0.29, 0.717) is 5.02 Å². The lowest BCUT2D eigenvalue weighted by Gasteiger charge is -2.43. The molecule has 28 heavy (non-hydrogen) atoms. The summed E-state index contributed by atoms with van der Waals surface area (Å²) in [5.74, 6) is 0. The first-order valence-corrected chi connectivity index (χ1v) is 9.60. The first-order valence-electron chi connectivity index (χ1n) is 9.22. The average Bonchev–Trinajstić information content (AvgIpc) is 2.76. The summed E-state index contributed by atoms with van der Waals surface area (Å²) < 4.78 is 0. The fourth-order valence-electron chi connectivity index (χ4n) is 4.09. The third-order valence-electron chi connectivity index (χ3n) is 5.33. The van der Waals surface area contributed by atoms with E-state index >= 15 is 0 Å². The summed E-state index contributed by atoms with van der Waals surface area (Å²) in [6, 6.07) is 33.7. The van der Waals surface area contributed by atoms with Crippen molar-refractivity contribution in [2.75, 3.05) is 4.90 Å². The fraction of sp³-hybridized carbons (Fsp3) is 0.0400. The van der Waals surface area contributed by atoms with Crippen LogP contribution in [0.4, 0.5) is 17.1 Å². The summed E-state index contributed by atoms with van der Waals surface area (Å²) in [5.41, 5.74) is 4.04. The summed E-state index contributed by atoms with van der Waals surface area (Å²) in [5, 5.41) is 12.7. The standard InChI is InChI=1S/C25H18ClNO/c26-19-15-16-24-22(17-19)25(28,18-9-3-1-4-10-18)21-13-7-8-14-23(21)27(24)20-11-5-2-6-12-20/h1-17,28H. The molecule has 0 radical (unpaired) electrons. The van der Waals surface area contributed by atoms with Crippen LogP contribution >= 0.6 is 11.6 Å². The van der Waals surface area contributed by atoms with Crippen LogP contribution in [0.25, 0.3) is 0 Å². The molecule has 4 aromatic rings. The average molecular weight is 384 g/mol. The van der Waals surface area contributed by atoms with Gasteiger partial charge >= 0.3 is 0 Å². The highest BCUT2D eigenvalue weighted by atomic mass is 35.5. The lowest BCUT2D eigenvalue weighted by Crippen LogP contribution is -2.36. The second-order valence-electron chi connectivity index (χ2n) is 6.93. The zero-order valence-corrected chi connectivity index (χ0v) is 15.8. The number of halogens is 1. The Kier molecular flexibility index (Phi) is 3.97. The zero-order valence-electron chi connectivity index (χ0n) is 15.1. The molecule has 5 rings (SSSR count). The molecule has 1 heterocycles. The van der Waals surface area contributed by atoms with Crippen molar-refractivity contribution in [3.8, 4) is 0 Å². The second-order valence-corrected chi connectivity index (χ2v) is 7.36. The van der Waals surface area contributed by atoms with Crippen molar-refractivity contribution in [1.82, 2.24) is 0 Å². The van der Waals surface area contributed by atoms with Crippen LogP contribution in [-0.2, 0) is 5.60 Å². The molecule has 0 fully saturated rings. The molecule has 1 unspecified atom stereocenters. The van der Waals surface area contributed by atoms with Crippen molar-refractivity contribution >= 4 is 28.7 Å². The molecule has 136 valence electrons. The molecule has 1 aliphatic heterocycles. The molecule has 4 aromatic carbocycles. The Labute approximate surface area is 169 Å². The number of para-hydroxylation sites is 2. The molecular formula is C25H18ClNO. The Bertz CT molecular complexity index is 1140. The van der Waals surface area contributed by atoms with Gasteiger partial charge in [0, 0.05) is 21.8 Å². The van der Waals surface area contributed by atoms with E-state index in [0.717, 1.165) is 33.8 Å². The number of aliphatic hydroxyl groups is 1. The van der Waals surface area contributed by atoms with Crippen LogP contribution < -0.4 is 4.90 Å². The van der Waals surface area contributed by atoms with E-state index in [1.165, 1.54) is 0 Å². The summed E-state index contributed by atoms with van der Waals surface area (Å²) in [7, 11) is 0. The number of hydrogen-bond acceptors (Lipinski definition) is 2. The largest absolute Gasteiger partial charge is 0.376 e. The molecule has 0 aromatic heterocycles. The van der Waals surface area contributed by atoms with Gasteiger partial charge in [0.2, 0.25) is 0 Å². The molecule has 0 spiro atoms. The molecular weight excluding hydrogens is 366 g/mol. The summed E-state index contributed by atoms with van der Waals surface area (Å²) in [6.45, 7) is 0. The van der Waals surface area contributed by atoms with Crippen LogP contribution in [0.5, 0.6) is 0 Å². The highest BCUT2D eigenvalue weighted by Gasteiger charge is 2.43. The van der Waals surface area contributed by atoms with Crippen LogP contribution in [0, 0.1) is 0 Å². The quantitative estimate of drug-likeness (QED) is 0.432. The minimum absolute atomic E-state index is 0.598. The van der Waals surface area contributed by atoms with E-state index in [9.17, 15) is 5.11 Å². The first-order chi connectivity index (χ1) is 13.7. The molecule has 0 saturated heterocycles. The topological polar surface area (TPSA) is 23.5 Å². The second kappa shape index (κ2) is 6.52. The van der Waals surface area contributed by atoms with Gasteiger partial charge in [-0.15, -0.1) is 0 Å². The Morgan fingerprint density at radius 1 is 0.643 bits per heavy atom. The molecule has 2 nitrogen and oxygen atoms in total. The van der Waals surface area contributed by atoms with Gasteiger partial charge in [0.15, 0.2) is 0 Å². The van der Waals surface area contributed by atoms with Gasteiger partial charge in [-0.05, 0) is 42.0 Å². The van der Waals surface area contributed by atoms with Crippen molar-refractivity contribution < 1.29 is 5.11 Å². The lowest BCUT2D eigenvalue weighted by atomic mass is 9.76. The third-order valence-corrected chi connectivity index (χ3v) is 5.57. The Morgan fingerprint density at radius 3 is 2.00 bits per heavy atom. The number of nitrogens with zero attached hydrogens (tertiary/aromatic N) is 1. The molecule has 3 heteroatoms. The highest BCUT2D eigenvalue weighted by Crippen LogP contribution is 2.53. The number of anilines is 3. The molecule has 1 aliphatic rings. The van der Waals surface area contributed by atoms with Gasteiger partial charge in [-0.25, -0.2) is 0 Å². The molecule has 1 N–H and O–H groups in total. The molecule has 0 aliphatic carbocycles. The van der Waals surface area contributed by atoms with E-state index < -0.39 is 5.60 Å². The van der Waals surface area contributed by atoms with Gasteiger partial charge in [0.05, 0.1) is 11.4 Å². The third kappa shape index (κ3) is 2.46. The van der Waals surface area contributed by atoms with E-state index in [4.69, 9.17) is 11.6 Å². The SMILES string of the molecule is OC1(c2ccccc2)c2ccccc2N(c2ccccc2)c2ccc(Cl)cc21. The first kappa shape index (κ1) is 17.1. The smallest absolute Gasteiger partial charge is 0.144 e. The van der Waals surface area contributed by atoms with Crippen molar-refractivity contribution in [2.24, 2.45) is 0 Å². The Morgan fingerprint density at radius 2 is 1.25 bits per heavy atom. The van der Waals surface area contributed by atoms with Crippen LogP contribution in [0.15, 0.2) is 103 Å². The maximum atomic E-state index is 12.2. The minimum Gasteiger partial charge on any atom is -0.376 e. The molecule has 0 bridgehead atoms. The van der Waals surface area contributed by atoms with Gasteiger partial charge in [0.25, 0.3) is 0 Å². The van der Waals surface area contributed by atoms with Crippen molar-refractivity contribution in [3.63, 3.8) is 0 Å². The van der Waals surface area contributed by atoms with E-state index in [2.05, 4.69) is 17.0 Å². The minimum atomic E-state index is -1.29. The van der Waals surface area contributed by atoms with E-state index in [-0.39, 0.29) is 0 Å². The van der Waals surface area contributed by atoms with E-state index in [1.54, 1.807) is 0 Å². The molecule has 0 saturated carbocycles. The van der Waals surface area contributed by atoms with Gasteiger partial charge in [0.1, 0.15) is 5.60 Å². The van der Waals surface area contributed by atoms with Crippen LogP contribution in [0.2, 0.25) is 5.02 Å². The summed E-state index contributed by atoms with van der Waals surface area (Å²) in [4.78, 5) is 2.18. The van der Waals surface area contributed by atoms with Crippen LogP contribution in [0.1, 0.15) is 16.7 Å². The number of fused-ring (bicyclic) bond motifs is 2. The van der Waals surface area contributed by atoms with Crippen molar-refractivity contribution in [2.45, 2.75) is 5.60 Å². The van der Waals surface area contributed by atoms with E-state index in [1.807, 2.05) is 91.0 Å². The van der Waals surface area contributed by atoms with Crippen molar-refractivity contribution in [1.29, 1.82) is 0 Å². The molecule has 0 amide bonds. The lowest BCUT2D eigenvalue weighted by molar-refractivity contribution is 0.125. The summed E-state index contributed by atoms with van der Waals surface area (Å²) >= 11 is 6.38. The number of hydrogen-bond donors (Lipinski definition) is 1. The van der Waals surface area contributed by atoms with Gasteiger partial charge in [-0.2, -0.15) is 0 Å².